The van der Waals surface area contributed by atoms with Gasteiger partial charge in [-0.1, -0.05) is 58.0 Å². The largest absolute Gasteiger partial charge is 0.392 e. The van der Waals surface area contributed by atoms with Gasteiger partial charge < -0.3 is 15.3 Å². The molecule has 3 N–H and O–H groups in total. The SMILES string of the molecule is CCC(CC)(CCc1ccc(CO)c(CO)c1)c1ccc(SCC(O)C(C)C)c(C)c1. The highest BCUT2D eigenvalue weighted by Gasteiger charge is 2.28. The van der Waals surface area contributed by atoms with Crippen molar-refractivity contribution in [3.63, 3.8) is 0 Å². The van der Waals surface area contributed by atoms with Crippen molar-refractivity contribution in [1.29, 1.82) is 0 Å². The maximum absolute atomic E-state index is 10.1. The molecule has 0 spiro atoms. The first-order chi connectivity index (χ1) is 14.8. The lowest BCUT2D eigenvalue weighted by Gasteiger charge is -2.33. The number of aliphatic hydroxyl groups is 3. The van der Waals surface area contributed by atoms with Gasteiger partial charge in [-0.15, -0.1) is 11.8 Å². The monoisotopic (exact) mass is 444 g/mol. The molecule has 0 amide bonds. The molecule has 0 radical (unpaired) electrons. The smallest absolute Gasteiger partial charge is 0.0685 e. The van der Waals surface area contributed by atoms with Crippen LogP contribution in [-0.2, 0) is 25.0 Å². The molecule has 0 saturated carbocycles. The summed E-state index contributed by atoms with van der Waals surface area (Å²) in [6, 6.07) is 12.9. The maximum Gasteiger partial charge on any atom is 0.0685 e. The number of aryl methyl sites for hydroxylation is 2. The molecule has 2 rings (SSSR count). The average Bonchev–Trinajstić information content (AvgIpc) is 2.78. The van der Waals surface area contributed by atoms with Crippen LogP contribution in [0.5, 0.6) is 0 Å². The first-order valence-corrected chi connectivity index (χ1v) is 12.5. The molecule has 4 heteroatoms. The Balaban J connectivity index is 2.19. The van der Waals surface area contributed by atoms with Crippen LogP contribution in [0.25, 0.3) is 0 Å². The van der Waals surface area contributed by atoms with Gasteiger partial charge >= 0.3 is 0 Å². The summed E-state index contributed by atoms with van der Waals surface area (Å²) >= 11 is 1.74. The quantitative estimate of drug-likeness (QED) is 0.363. The van der Waals surface area contributed by atoms with Crippen LogP contribution in [0.15, 0.2) is 41.3 Å². The number of aliphatic hydroxyl groups excluding tert-OH is 3. The molecule has 3 nitrogen and oxygen atoms in total. The minimum absolute atomic E-state index is 0.0398. The lowest BCUT2D eigenvalue weighted by molar-refractivity contribution is 0.149. The summed E-state index contributed by atoms with van der Waals surface area (Å²) in [7, 11) is 0. The molecule has 0 heterocycles. The molecule has 31 heavy (non-hydrogen) atoms. The Morgan fingerprint density at radius 3 is 2.16 bits per heavy atom. The second-order valence-corrected chi connectivity index (χ2v) is 10.1. The Morgan fingerprint density at radius 2 is 1.61 bits per heavy atom. The topological polar surface area (TPSA) is 60.7 Å². The first-order valence-electron chi connectivity index (χ1n) is 11.5. The van der Waals surface area contributed by atoms with E-state index in [1.807, 2.05) is 12.1 Å². The van der Waals surface area contributed by atoms with Gasteiger partial charge in [0.2, 0.25) is 0 Å². The molecule has 172 valence electrons. The maximum atomic E-state index is 10.1. The van der Waals surface area contributed by atoms with E-state index in [0.717, 1.165) is 42.6 Å². The van der Waals surface area contributed by atoms with Gasteiger partial charge in [0.05, 0.1) is 19.3 Å². The fraction of sp³-hybridized carbons (Fsp3) is 0.556. The summed E-state index contributed by atoms with van der Waals surface area (Å²) in [5, 5.41) is 29.2. The average molecular weight is 445 g/mol. The van der Waals surface area contributed by atoms with E-state index < -0.39 is 0 Å². The molecule has 0 aliphatic rings. The molecule has 0 saturated heterocycles. The Morgan fingerprint density at radius 1 is 0.935 bits per heavy atom. The van der Waals surface area contributed by atoms with E-state index in [0.29, 0.717) is 0 Å². The van der Waals surface area contributed by atoms with E-state index in [4.69, 9.17) is 0 Å². The van der Waals surface area contributed by atoms with Crippen LogP contribution in [0.2, 0.25) is 0 Å². The number of thioether (sulfide) groups is 1. The van der Waals surface area contributed by atoms with Crippen LogP contribution in [0.4, 0.5) is 0 Å². The third kappa shape index (κ3) is 6.58. The highest BCUT2D eigenvalue weighted by molar-refractivity contribution is 7.99. The summed E-state index contributed by atoms with van der Waals surface area (Å²) in [4.78, 5) is 1.25. The van der Waals surface area contributed by atoms with Crippen molar-refractivity contribution in [2.75, 3.05) is 5.75 Å². The van der Waals surface area contributed by atoms with Crippen LogP contribution in [0.1, 0.15) is 74.8 Å². The Bertz CT molecular complexity index is 827. The predicted molar refractivity (Wildman–Crippen MR) is 132 cm³/mol. The molecule has 1 unspecified atom stereocenters. The normalized spacial score (nSPS) is 13.1. The molecule has 1 atom stereocenters. The van der Waals surface area contributed by atoms with Crippen molar-refractivity contribution in [2.24, 2.45) is 5.92 Å². The Hall–Kier alpha value is -1.33. The van der Waals surface area contributed by atoms with Gasteiger partial charge in [0.1, 0.15) is 0 Å². The van der Waals surface area contributed by atoms with Crippen molar-refractivity contribution in [2.45, 2.75) is 89.9 Å². The third-order valence-electron chi connectivity index (χ3n) is 6.82. The van der Waals surface area contributed by atoms with Crippen LogP contribution in [0, 0.1) is 12.8 Å². The van der Waals surface area contributed by atoms with Crippen molar-refractivity contribution >= 4 is 11.8 Å². The van der Waals surface area contributed by atoms with Gasteiger partial charge in [0.25, 0.3) is 0 Å². The van der Waals surface area contributed by atoms with E-state index >= 15 is 0 Å². The molecular weight excluding hydrogens is 404 g/mol. The molecule has 0 fully saturated rings. The fourth-order valence-corrected chi connectivity index (χ4v) is 5.37. The number of benzene rings is 2. The standard InChI is InChI=1S/C27H40O3S/c1-6-27(7-2,13-12-21-8-9-22(16-28)23(15-21)17-29)24-10-11-26(20(5)14-24)31-18-25(30)19(3)4/h8-11,14-15,19,25,28-30H,6-7,12-13,16-18H2,1-5H3. The van der Waals surface area contributed by atoms with Gasteiger partial charge in [-0.25, -0.2) is 0 Å². The van der Waals surface area contributed by atoms with Crippen LogP contribution in [-0.4, -0.2) is 27.2 Å². The molecule has 0 bridgehead atoms. The first kappa shape index (κ1) is 25.9. The van der Waals surface area contributed by atoms with Crippen LogP contribution < -0.4 is 0 Å². The molecule has 0 aliphatic heterocycles. The molecule has 0 aliphatic carbocycles. The van der Waals surface area contributed by atoms with E-state index in [-0.39, 0.29) is 30.7 Å². The number of hydrogen-bond acceptors (Lipinski definition) is 4. The summed E-state index contributed by atoms with van der Waals surface area (Å²) in [6.07, 6.45) is 3.85. The molecular formula is C27H40O3S. The van der Waals surface area contributed by atoms with Crippen molar-refractivity contribution in [1.82, 2.24) is 0 Å². The predicted octanol–water partition coefficient (Wildman–Crippen LogP) is 5.78. The summed E-state index contributed by atoms with van der Waals surface area (Å²) in [6.45, 7) is 10.7. The summed E-state index contributed by atoms with van der Waals surface area (Å²) < 4.78 is 0. The van der Waals surface area contributed by atoms with Crippen LogP contribution in [0.3, 0.4) is 0 Å². The lowest BCUT2D eigenvalue weighted by atomic mass is 9.71. The lowest BCUT2D eigenvalue weighted by Crippen LogP contribution is -2.25. The second-order valence-electron chi connectivity index (χ2n) is 9.01. The van der Waals surface area contributed by atoms with Gasteiger partial charge in [-0.3, -0.25) is 0 Å². The summed E-state index contributed by atoms with van der Waals surface area (Å²) in [5.41, 5.74) is 5.60. The van der Waals surface area contributed by atoms with E-state index in [1.54, 1.807) is 11.8 Å². The van der Waals surface area contributed by atoms with Crippen LogP contribution >= 0.6 is 11.8 Å². The minimum Gasteiger partial charge on any atom is -0.392 e. The number of hydrogen-bond donors (Lipinski definition) is 3. The second kappa shape index (κ2) is 12.1. The zero-order chi connectivity index (χ0) is 23.0. The van der Waals surface area contributed by atoms with E-state index in [2.05, 4.69) is 58.9 Å². The van der Waals surface area contributed by atoms with Crippen molar-refractivity contribution in [3.8, 4) is 0 Å². The zero-order valence-electron chi connectivity index (χ0n) is 19.8. The van der Waals surface area contributed by atoms with Crippen molar-refractivity contribution in [3.05, 3.63) is 64.2 Å². The Kier molecular flexibility index (Phi) is 10.1. The minimum atomic E-state index is -0.282. The van der Waals surface area contributed by atoms with E-state index in [9.17, 15) is 15.3 Å². The number of rotatable bonds is 12. The molecule has 0 aromatic heterocycles. The highest BCUT2D eigenvalue weighted by atomic mass is 32.2. The molecule has 2 aromatic rings. The fourth-order valence-electron chi connectivity index (χ4n) is 4.18. The zero-order valence-corrected chi connectivity index (χ0v) is 20.6. The van der Waals surface area contributed by atoms with Gasteiger partial charge in [0, 0.05) is 10.6 Å². The highest BCUT2D eigenvalue weighted by Crippen LogP contribution is 2.38. The third-order valence-corrected chi connectivity index (χ3v) is 8.10. The molecule has 2 aromatic carbocycles. The van der Waals surface area contributed by atoms with Gasteiger partial charge in [-0.05, 0) is 77.8 Å². The van der Waals surface area contributed by atoms with Gasteiger partial charge in [0.15, 0.2) is 0 Å². The summed E-state index contributed by atoms with van der Waals surface area (Å²) in [5.74, 6) is 0.999. The van der Waals surface area contributed by atoms with Gasteiger partial charge in [-0.2, -0.15) is 0 Å². The van der Waals surface area contributed by atoms with Crippen molar-refractivity contribution < 1.29 is 15.3 Å². The van der Waals surface area contributed by atoms with E-state index in [1.165, 1.54) is 21.6 Å². The Labute approximate surface area is 192 Å².